The van der Waals surface area contributed by atoms with Crippen LogP contribution in [0.25, 0.3) is 0 Å². The maximum atomic E-state index is 11.2. The van der Waals surface area contributed by atoms with Gasteiger partial charge in [-0.3, -0.25) is 0 Å². The van der Waals surface area contributed by atoms with Gasteiger partial charge in [0.1, 0.15) is 5.69 Å². The van der Waals surface area contributed by atoms with Crippen LogP contribution >= 0.6 is 0 Å². The molecule has 0 aliphatic heterocycles. The summed E-state index contributed by atoms with van der Waals surface area (Å²) >= 11 is 0. The molecule has 0 aromatic carbocycles. The van der Waals surface area contributed by atoms with E-state index in [1.54, 1.807) is 6.92 Å². The molecular formula is C7H9N3O4. The maximum Gasteiger partial charge on any atom is 0.433 e. The lowest BCUT2D eigenvalue weighted by molar-refractivity contribution is -0.393. The largest absolute Gasteiger partial charge is 0.460 e. The van der Waals surface area contributed by atoms with E-state index in [2.05, 4.69) is 14.7 Å². The molecule has 1 heterocycles. The van der Waals surface area contributed by atoms with Crippen LogP contribution in [0.15, 0.2) is 0 Å². The zero-order chi connectivity index (χ0) is 10.7. The van der Waals surface area contributed by atoms with E-state index in [0.29, 0.717) is 5.69 Å². The number of ether oxygens (including phenoxy) is 1. The predicted molar refractivity (Wildman–Crippen MR) is 45.9 cm³/mol. The Morgan fingerprint density at radius 3 is 2.79 bits per heavy atom. The van der Waals surface area contributed by atoms with Crippen molar-refractivity contribution < 1.29 is 14.5 Å². The van der Waals surface area contributed by atoms with Crippen molar-refractivity contribution in [3.05, 3.63) is 21.5 Å². The lowest BCUT2D eigenvalue weighted by atomic mass is 10.3. The molecule has 7 heteroatoms. The smallest absolute Gasteiger partial charge is 0.433 e. The average Bonchev–Trinajstić information content (AvgIpc) is 2.48. The van der Waals surface area contributed by atoms with Gasteiger partial charge in [0, 0.05) is 0 Å². The number of hydrogen-bond donors (Lipinski definition) is 1. The molecule has 7 nitrogen and oxygen atoms in total. The first-order valence-corrected chi connectivity index (χ1v) is 3.94. The third-order valence-electron chi connectivity index (χ3n) is 1.51. The van der Waals surface area contributed by atoms with Crippen LogP contribution in [0.1, 0.15) is 23.1 Å². The highest BCUT2D eigenvalue weighted by Gasteiger charge is 2.24. The second-order valence-electron chi connectivity index (χ2n) is 2.51. The number of rotatable bonds is 3. The number of carbonyl (C=O) groups is 1. The van der Waals surface area contributed by atoms with Crippen LogP contribution in [-0.2, 0) is 4.74 Å². The van der Waals surface area contributed by atoms with Gasteiger partial charge >= 0.3 is 11.9 Å². The Balaban J connectivity index is 2.98. The molecule has 1 aromatic rings. The lowest BCUT2D eigenvalue weighted by Crippen LogP contribution is -2.06. The summed E-state index contributed by atoms with van der Waals surface area (Å²) in [4.78, 5) is 26.7. The Bertz CT molecular complexity index is 371. The van der Waals surface area contributed by atoms with Crippen molar-refractivity contribution in [3.63, 3.8) is 0 Å². The van der Waals surface area contributed by atoms with Gasteiger partial charge in [0.2, 0.25) is 0 Å². The summed E-state index contributed by atoms with van der Waals surface area (Å²) in [6, 6.07) is 0. The molecule has 76 valence electrons. The van der Waals surface area contributed by atoms with Gasteiger partial charge in [-0.25, -0.2) is 9.78 Å². The van der Waals surface area contributed by atoms with Gasteiger partial charge in [-0.1, -0.05) is 4.98 Å². The Morgan fingerprint density at radius 2 is 2.36 bits per heavy atom. The van der Waals surface area contributed by atoms with Crippen molar-refractivity contribution in [2.24, 2.45) is 0 Å². The van der Waals surface area contributed by atoms with Crippen molar-refractivity contribution >= 4 is 11.9 Å². The van der Waals surface area contributed by atoms with E-state index in [1.807, 2.05) is 0 Å². The molecule has 0 unspecified atom stereocenters. The normalized spacial score (nSPS) is 9.86. The topological polar surface area (TPSA) is 98.1 Å². The second-order valence-corrected chi connectivity index (χ2v) is 2.51. The minimum absolute atomic E-state index is 0.0430. The first kappa shape index (κ1) is 10.2. The Hall–Kier alpha value is -1.92. The monoisotopic (exact) mass is 199 g/mol. The third kappa shape index (κ3) is 1.87. The molecular weight excluding hydrogens is 190 g/mol. The molecule has 14 heavy (non-hydrogen) atoms. The van der Waals surface area contributed by atoms with E-state index in [9.17, 15) is 14.9 Å². The fraction of sp³-hybridized carbons (Fsp3) is 0.429. The standard InChI is InChI=1S/C7H9N3O4/c1-3-14-6(11)5-4(2)8-7(9-5)10(12)13/h3H2,1-2H3,(H,8,9). The zero-order valence-corrected chi connectivity index (χ0v) is 7.73. The van der Waals surface area contributed by atoms with Gasteiger partial charge in [0.25, 0.3) is 5.69 Å². The number of aromatic nitrogens is 2. The first-order valence-electron chi connectivity index (χ1n) is 3.94. The van der Waals surface area contributed by atoms with Gasteiger partial charge in [-0.05, 0) is 18.8 Å². The lowest BCUT2D eigenvalue weighted by Gasteiger charge is -1.94. The summed E-state index contributed by atoms with van der Waals surface area (Å²) in [5.41, 5.74) is 0.286. The van der Waals surface area contributed by atoms with Gasteiger partial charge < -0.3 is 14.9 Å². The molecule has 0 bridgehead atoms. The fourth-order valence-corrected chi connectivity index (χ4v) is 0.929. The molecule has 1 N–H and O–H groups in total. The fourth-order valence-electron chi connectivity index (χ4n) is 0.929. The molecule has 0 saturated heterocycles. The minimum Gasteiger partial charge on any atom is -0.460 e. The molecule has 0 fully saturated rings. The van der Waals surface area contributed by atoms with Crippen molar-refractivity contribution in [1.29, 1.82) is 0 Å². The van der Waals surface area contributed by atoms with E-state index in [0.717, 1.165) is 0 Å². The van der Waals surface area contributed by atoms with Crippen LogP contribution in [0.5, 0.6) is 0 Å². The first-order chi connectivity index (χ1) is 6.56. The highest BCUT2D eigenvalue weighted by Crippen LogP contribution is 2.11. The number of imidazole rings is 1. The maximum absolute atomic E-state index is 11.2. The minimum atomic E-state index is -0.699. The number of aromatic amines is 1. The summed E-state index contributed by atoms with van der Waals surface area (Å²) in [7, 11) is 0. The van der Waals surface area contributed by atoms with Gasteiger partial charge in [0.15, 0.2) is 0 Å². The Morgan fingerprint density at radius 1 is 1.71 bits per heavy atom. The number of aryl methyl sites for hydroxylation is 1. The summed E-state index contributed by atoms with van der Waals surface area (Å²) in [5, 5.41) is 10.3. The molecule has 1 rings (SSSR count). The van der Waals surface area contributed by atoms with E-state index < -0.39 is 16.8 Å². The Kier molecular flexibility index (Phi) is 2.80. The molecule has 0 amide bonds. The molecule has 0 aliphatic rings. The quantitative estimate of drug-likeness (QED) is 0.441. The van der Waals surface area contributed by atoms with E-state index >= 15 is 0 Å². The van der Waals surface area contributed by atoms with Crippen LogP contribution in [0.3, 0.4) is 0 Å². The van der Waals surface area contributed by atoms with Crippen molar-refractivity contribution in [2.45, 2.75) is 13.8 Å². The van der Waals surface area contributed by atoms with Crippen LogP contribution < -0.4 is 0 Å². The summed E-state index contributed by atoms with van der Waals surface area (Å²) in [5.74, 6) is -1.11. The molecule has 1 aromatic heterocycles. The third-order valence-corrected chi connectivity index (χ3v) is 1.51. The van der Waals surface area contributed by atoms with Gasteiger partial charge in [0.05, 0.1) is 6.61 Å². The summed E-state index contributed by atoms with van der Waals surface area (Å²) < 4.78 is 4.66. The van der Waals surface area contributed by atoms with E-state index in [4.69, 9.17) is 0 Å². The van der Waals surface area contributed by atoms with Crippen LogP contribution in [0, 0.1) is 17.0 Å². The summed E-state index contributed by atoms with van der Waals surface area (Å²) in [6.07, 6.45) is 0. The van der Waals surface area contributed by atoms with Gasteiger partial charge in [-0.15, -0.1) is 0 Å². The molecule has 0 atom stereocenters. The average molecular weight is 199 g/mol. The molecule has 0 spiro atoms. The number of carbonyl (C=O) groups excluding carboxylic acids is 1. The van der Waals surface area contributed by atoms with Crippen LogP contribution in [0.4, 0.5) is 5.95 Å². The van der Waals surface area contributed by atoms with Crippen LogP contribution in [-0.4, -0.2) is 27.5 Å². The number of esters is 1. The predicted octanol–water partition coefficient (Wildman–Crippen LogP) is 0.803. The number of nitro groups is 1. The van der Waals surface area contributed by atoms with Crippen molar-refractivity contribution in [1.82, 2.24) is 9.97 Å². The number of H-pyrrole nitrogens is 1. The SMILES string of the molecule is CCOC(=O)c1nc([N+](=O)[O-])[nH]c1C. The van der Waals surface area contributed by atoms with Gasteiger partial charge in [-0.2, -0.15) is 0 Å². The molecule has 0 saturated carbocycles. The Labute approximate surface area is 79.2 Å². The number of nitrogens with one attached hydrogen (secondary N) is 1. The van der Waals surface area contributed by atoms with Crippen molar-refractivity contribution in [2.75, 3.05) is 6.61 Å². The number of hydrogen-bond acceptors (Lipinski definition) is 5. The molecule has 0 aliphatic carbocycles. The highest BCUT2D eigenvalue weighted by atomic mass is 16.6. The highest BCUT2D eigenvalue weighted by molar-refractivity contribution is 5.88. The summed E-state index contributed by atoms with van der Waals surface area (Å²) in [6.45, 7) is 3.37. The van der Waals surface area contributed by atoms with Crippen LogP contribution in [0.2, 0.25) is 0 Å². The van der Waals surface area contributed by atoms with Crippen molar-refractivity contribution in [3.8, 4) is 0 Å². The zero-order valence-electron chi connectivity index (χ0n) is 7.73. The van der Waals surface area contributed by atoms with E-state index in [1.165, 1.54) is 6.92 Å². The second kappa shape index (κ2) is 3.86. The van der Waals surface area contributed by atoms with E-state index in [-0.39, 0.29) is 12.3 Å². The molecule has 0 radical (unpaired) electrons. The number of nitrogens with zero attached hydrogens (tertiary/aromatic N) is 2.